The van der Waals surface area contributed by atoms with Crippen molar-refractivity contribution in [2.75, 3.05) is 14.1 Å². The van der Waals surface area contributed by atoms with Gasteiger partial charge in [0.2, 0.25) is 5.91 Å². The maximum absolute atomic E-state index is 12.4. The first-order valence-corrected chi connectivity index (χ1v) is 6.77. The van der Waals surface area contributed by atoms with E-state index in [1.807, 2.05) is 0 Å². The Hall–Kier alpha value is -1.68. The first-order chi connectivity index (χ1) is 9.65. The second-order valence-electron chi connectivity index (χ2n) is 4.28. The molecule has 1 aromatic heterocycles. The minimum atomic E-state index is -4.48. The van der Waals surface area contributed by atoms with E-state index in [4.69, 9.17) is 0 Å². The molecule has 1 rings (SSSR count). The van der Waals surface area contributed by atoms with Gasteiger partial charge < -0.3 is 5.32 Å². The Labute approximate surface area is 123 Å². The predicted molar refractivity (Wildman–Crippen MR) is 70.6 cm³/mol. The van der Waals surface area contributed by atoms with Crippen LogP contribution in [0.2, 0.25) is 0 Å². The summed E-state index contributed by atoms with van der Waals surface area (Å²) in [6.45, 7) is 1.61. The SMILES string of the molecule is CNC(=O)NC(=O)[C@@H](C)N(C)Cc1nc(C(F)(F)F)cs1. The highest BCUT2D eigenvalue weighted by Crippen LogP contribution is 2.30. The summed E-state index contributed by atoms with van der Waals surface area (Å²) in [5.74, 6) is -0.551. The number of aromatic nitrogens is 1. The van der Waals surface area contributed by atoms with Gasteiger partial charge in [0.05, 0.1) is 12.6 Å². The largest absolute Gasteiger partial charge is 0.434 e. The zero-order valence-corrected chi connectivity index (χ0v) is 12.4. The average Bonchev–Trinajstić information content (AvgIpc) is 2.85. The number of carbonyl (C=O) groups is 2. The number of nitrogens with zero attached hydrogens (tertiary/aromatic N) is 2. The van der Waals surface area contributed by atoms with E-state index in [2.05, 4.69) is 15.6 Å². The number of halogens is 3. The summed E-state index contributed by atoms with van der Waals surface area (Å²) in [6, 6.07) is -1.34. The van der Waals surface area contributed by atoms with E-state index in [1.54, 1.807) is 7.05 Å². The maximum atomic E-state index is 12.4. The highest BCUT2D eigenvalue weighted by molar-refractivity contribution is 7.09. The fourth-order valence-corrected chi connectivity index (χ4v) is 2.21. The summed E-state index contributed by atoms with van der Waals surface area (Å²) >= 11 is 0.869. The zero-order chi connectivity index (χ0) is 16.2. The molecule has 10 heteroatoms. The Balaban J connectivity index is 2.64. The van der Waals surface area contributed by atoms with Gasteiger partial charge in [-0.3, -0.25) is 15.0 Å². The van der Waals surface area contributed by atoms with Crippen molar-refractivity contribution in [1.82, 2.24) is 20.5 Å². The first-order valence-electron chi connectivity index (χ1n) is 5.89. The van der Waals surface area contributed by atoms with Crippen LogP contribution in [0.1, 0.15) is 17.6 Å². The third kappa shape index (κ3) is 4.97. The number of thiazole rings is 1. The number of hydrogen-bond donors (Lipinski definition) is 2. The molecule has 0 aliphatic carbocycles. The molecular formula is C11H15F3N4O2S. The van der Waals surface area contributed by atoms with E-state index < -0.39 is 29.9 Å². The van der Waals surface area contributed by atoms with Crippen molar-refractivity contribution in [3.8, 4) is 0 Å². The monoisotopic (exact) mass is 324 g/mol. The van der Waals surface area contributed by atoms with Gasteiger partial charge in [0.15, 0.2) is 5.69 Å². The quantitative estimate of drug-likeness (QED) is 0.879. The molecule has 6 nitrogen and oxygen atoms in total. The Morgan fingerprint density at radius 3 is 2.57 bits per heavy atom. The molecule has 0 spiro atoms. The van der Waals surface area contributed by atoms with Crippen LogP contribution in [0.3, 0.4) is 0 Å². The number of urea groups is 1. The number of carbonyl (C=O) groups excluding carboxylic acids is 2. The van der Waals surface area contributed by atoms with Crippen LogP contribution >= 0.6 is 11.3 Å². The smallest absolute Gasteiger partial charge is 0.341 e. The summed E-state index contributed by atoms with van der Waals surface area (Å²) in [5, 5.41) is 5.50. The summed E-state index contributed by atoms with van der Waals surface area (Å²) in [5.41, 5.74) is -0.946. The second kappa shape index (κ2) is 6.85. The van der Waals surface area contributed by atoms with Gasteiger partial charge >= 0.3 is 12.2 Å². The lowest BCUT2D eigenvalue weighted by Crippen LogP contribution is -2.47. The molecule has 118 valence electrons. The van der Waals surface area contributed by atoms with Gasteiger partial charge in [-0.2, -0.15) is 13.2 Å². The van der Waals surface area contributed by atoms with Crippen LogP contribution in [0.5, 0.6) is 0 Å². The molecule has 1 heterocycles. The Morgan fingerprint density at radius 2 is 2.10 bits per heavy atom. The fraction of sp³-hybridized carbons (Fsp3) is 0.545. The minimum Gasteiger partial charge on any atom is -0.341 e. The molecule has 0 aromatic carbocycles. The van der Waals surface area contributed by atoms with Crippen molar-refractivity contribution in [3.63, 3.8) is 0 Å². The summed E-state index contributed by atoms with van der Waals surface area (Å²) < 4.78 is 37.3. The van der Waals surface area contributed by atoms with Crippen molar-refractivity contribution < 1.29 is 22.8 Å². The van der Waals surface area contributed by atoms with Crippen molar-refractivity contribution in [2.45, 2.75) is 25.7 Å². The van der Waals surface area contributed by atoms with E-state index in [9.17, 15) is 22.8 Å². The van der Waals surface area contributed by atoms with Gasteiger partial charge in [-0.05, 0) is 14.0 Å². The standard InChI is InChI=1S/C11H15F3N4O2S/c1-6(9(19)17-10(20)15-2)18(3)4-8-16-7(5-21-8)11(12,13)14/h5-6H,4H2,1-3H3,(H2,15,17,19,20)/t6-/m1/s1. The van der Waals surface area contributed by atoms with Gasteiger partial charge in [-0.25, -0.2) is 9.78 Å². The van der Waals surface area contributed by atoms with Crippen LogP contribution in [0.4, 0.5) is 18.0 Å². The number of hydrogen-bond acceptors (Lipinski definition) is 5. The average molecular weight is 324 g/mol. The summed E-state index contributed by atoms with van der Waals surface area (Å²) in [7, 11) is 2.92. The number of imide groups is 1. The third-order valence-corrected chi connectivity index (χ3v) is 3.56. The summed E-state index contributed by atoms with van der Waals surface area (Å²) in [4.78, 5) is 27.7. The molecule has 0 aliphatic heterocycles. The molecule has 0 fully saturated rings. The normalized spacial score (nSPS) is 13.1. The molecule has 0 bridgehead atoms. The molecule has 0 radical (unpaired) electrons. The van der Waals surface area contributed by atoms with Crippen molar-refractivity contribution >= 4 is 23.3 Å². The zero-order valence-electron chi connectivity index (χ0n) is 11.6. The van der Waals surface area contributed by atoms with Gasteiger partial charge in [0.25, 0.3) is 0 Å². The number of rotatable bonds is 4. The van der Waals surface area contributed by atoms with E-state index in [0.717, 1.165) is 16.7 Å². The first kappa shape index (κ1) is 17.4. The highest BCUT2D eigenvalue weighted by Gasteiger charge is 2.34. The molecule has 21 heavy (non-hydrogen) atoms. The minimum absolute atomic E-state index is 0.0725. The summed E-state index contributed by atoms with van der Waals surface area (Å²) in [6.07, 6.45) is -4.48. The number of nitrogens with one attached hydrogen (secondary N) is 2. The van der Waals surface area contributed by atoms with E-state index in [1.165, 1.54) is 18.9 Å². The van der Waals surface area contributed by atoms with Crippen LogP contribution in [0, 0.1) is 0 Å². The molecule has 1 aromatic rings. The number of likely N-dealkylation sites (N-methyl/N-ethyl adjacent to an activating group) is 1. The van der Waals surface area contributed by atoms with E-state index in [0.29, 0.717) is 0 Å². The second-order valence-corrected chi connectivity index (χ2v) is 5.23. The molecule has 0 saturated heterocycles. The number of amides is 3. The van der Waals surface area contributed by atoms with Crippen LogP contribution in [-0.4, -0.2) is 42.0 Å². The molecule has 0 unspecified atom stereocenters. The van der Waals surface area contributed by atoms with Crippen LogP contribution in [0.25, 0.3) is 0 Å². The van der Waals surface area contributed by atoms with Gasteiger partial charge in [0, 0.05) is 12.4 Å². The Bertz CT molecular complexity index is 518. The molecule has 0 aliphatic rings. The van der Waals surface area contributed by atoms with Crippen molar-refractivity contribution in [3.05, 3.63) is 16.1 Å². The lowest BCUT2D eigenvalue weighted by atomic mass is 10.3. The topological polar surface area (TPSA) is 74.3 Å². The number of alkyl halides is 3. The lowest BCUT2D eigenvalue weighted by molar-refractivity contribution is -0.140. The molecule has 2 N–H and O–H groups in total. The highest BCUT2D eigenvalue weighted by atomic mass is 32.1. The molecule has 3 amide bonds. The van der Waals surface area contributed by atoms with Gasteiger partial charge in [-0.15, -0.1) is 11.3 Å². The van der Waals surface area contributed by atoms with Crippen LogP contribution in [-0.2, 0) is 17.5 Å². The maximum Gasteiger partial charge on any atom is 0.434 e. The fourth-order valence-electron chi connectivity index (χ4n) is 1.34. The van der Waals surface area contributed by atoms with E-state index >= 15 is 0 Å². The Morgan fingerprint density at radius 1 is 1.48 bits per heavy atom. The Kier molecular flexibility index (Phi) is 5.67. The van der Waals surface area contributed by atoms with Gasteiger partial charge in [0.1, 0.15) is 5.01 Å². The molecule has 0 saturated carbocycles. The third-order valence-electron chi connectivity index (χ3n) is 2.73. The van der Waals surface area contributed by atoms with Crippen molar-refractivity contribution in [2.24, 2.45) is 0 Å². The molecular weight excluding hydrogens is 309 g/mol. The predicted octanol–water partition coefficient (Wildman–Crippen LogP) is 1.44. The van der Waals surface area contributed by atoms with Crippen LogP contribution in [0.15, 0.2) is 5.38 Å². The lowest BCUT2D eigenvalue weighted by Gasteiger charge is -2.22. The van der Waals surface area contributed by atoms with Crippen molar-refractivity contribution in [1.29, 1.82) is 0 Å². The van der Waals surface area contributed by atoms with Crippen LogP contribution < -0.4 is 10.6 Å². The molecule has 1 atom stereocenters. The van der Waals surface area contributed by atoms with Gasteiger partial charge in [-0.1, -0.05) is 0 Å². The van der Waals surface area contributed by atoms with E-state index in [-0.39, 0.29) is 11.6 Å².